The molecule has 0 aromatic rings. The number of carbonyl (C=O) groups excluding carboxylic acids is 1. The normalized spacial score (nSPS) is 11.5. The summed E-state index contributed by atoms with van der Waals surface area (Å²) in [6.07, 6.45) is 0. The van der Waals surface area contributed by atoms with E-state index in [1.54, 1.807) is 27.8 Å². The molecule has 0 heterocycles. The quantitative estimate of drug-likeness (QED) is 0.667. The van der Waals surface area contributed by atoms with Gasteiger partial charge in [-0.2, -0.15) is 0 Å². The first-order valence-electron chi connectivity index (χ1n) is 4.33. The Labute approximate surface area is 83.6 Å². The fraction of sp³-hybridized carbons (Fsp3) is 0.778. The number of carbonyl (C=O) groups is 2. The van der Waals surface area contributed by atoms with E-state index in [9.17, 15) is 9.59 Å². The average molecular weight is 203 g/mol. The molecule has 0 fully saturated rings. The second kappa shape index (κ2) is 4.95. The minimum atomic E-state index is -0.962. The molecule has 82 valence electrons. The van der Waals surface area contributed by atoms with Crippen molar-refractivity contribution in [3.63, 3.8) is 0 Å². The SMILES string of the molecule is CN(CC(=O)O)CC(=O)OC(C)(C)C. The van der Waals surface area contributed by atoms with Gasteiger partial charge < -0.3 is 9.84 Å². The Kier molecular flexibility index (Phi) is 4.56. The van der Waals surface area contributed by atoms with Crippen LogP contribution >= 0.6 is 0 Å². The Morgan fingerprint density at radius 2 is 1.79 bits per heavy atom. The van der Waals surface area contributed by atoms with Gasteiger partial charge in [-0.3, -0.25) is 14.5 Å². The zero-order valence-electron chi connectivity index (χ0n) is 9.03. The van der Waals surface area contributed by atoms with Crippen molar-refractivity contribution < 1.29 is 19.4 Å². The fourth-order valence-electron chi connectivity index (χ4n) is 0.881. The molecule has 0 aromatic heterocycles. The van der Waals surface area contributed by atoms with E-state index in [1.165, 1.54) is 4.90 Å². The van der Waals surface area contributed by atoms with Crippen LogP contribution in [0.3, 0.4) is 0 Å². The smallest absolute Gasteiger partial charge is 0.320 e. The van der Waals surface area contributed by atoms with Crippen LogP contribution in [-0.4, -0.2) is 47.7 Å². The lowest BCUT2D eigenvalue weighted by atomic mass is 10.2. The number of ether oxygens (including phenoxy) is 1. The van der Waals surface area contributed by atoms with Crippen LogP contribution in [0.4, 0.5) is 0 Å². The number of carboxylic acid groups (broad SMARTS) is 1. The van der Waals surface area contributed by atoms with Gasteiger partial charge in [0.05, 0.1) is 13.1 Å². The summed E-state index contributed by atoms with van der Waals surface area (Å²) in [5.74, 6) is -1.38. The van der Waals surface area contributed by atoms with E-state index >= 15 is 0 Å². The first-order chi connectivity index (χ1) is 6.20. The van der Waals surface area contributed by atoms with Crippen LogP contribution in [0, 0.1) is 0 Å². The Balaban J connectivity index is 3.89. The van der Waals surface area contributed by atoms with Gasteiger partial charge in [-0.25, -0.2) is 0 Å². The molecule has 0 aliphatic rings. The van der Waals surface area contributed by atoms with Crippen LogP contribution in [0.5, 0.6) is 0 Å². The van der Waals surface area contributed by atoms with Gasteiger partial charge >= 0.3 is 11.9 Å². The Bertz CT molecular complexity index is 219. The van der Waals surface area contributed by atoms with Crippen LogP contribution in [-0.2, 0) is 14.3 Å². The molecule has 0 radical (unpaired) electrons. The van der Waals surface area contributed by atoms with Crippen molar-refractivity contribution in [1.82, 2.24) is 4.90 Å². The lowest BCUT2D eigenvalue weighted by Crippen LogP contribution is -2.35. The molecule has 0 aliphatic heterocycles. The zero-order chi connectivity index (χ0) is 11.4. The maximum absolute atomic E-state index is 11.2. The molecule has 0 amide bonds. The summed E-state index contributed by atoms with van der Waals surface area (Å²) in [7, 11) is 1.55. The van der Waals surface area contributed by atoms with Crippen molar-refractivity contribution in [2.45, 2.75) is 26.4 Å². The van der Waals surface area contributed by atoms with Gasteiger partial charge in [0, 0.05) is 0 Å². The lowest BCUT2D eigenvalue weighted by molar-refractivity contribution is -0.156. The van der Waals surface area contributed by atoms with E-state index in [0.717, 1.165) is 0 Å². The minimum Gasteiger partial charge on any atom is -0.480 e. The standard InChI is InChI=1S/C9H17NO4/c1-9(2,3)14-8(13)6-10(4)5-7(11)12/h5-6H2,1-4H3,(H,11,12). The fourth-order valence-corrected chi connectivity index (χ4v) is 0.881. The second-order valence-electron chi connectivity index (χ2n) is 4.15. The molecule has 5 heteroatoms. The van der Waals surface area contributed by atoms with E-state index in [-0.39, 0.29) is 13.1 Å². The van der Waals surface area contributed by atoms with Crippen molar-refractivity contribution in [2.75, 3.05) is 20.1 Å². The Morgan fingerprint density at radius 1 is 1.29 bits per heavy atom. The zero-order valence-corrected chi connectivity index (χ0v) is 9.03. The number of likely N-dealkylation sites (N-methyl/N-ethyl adjacent to an activating group) is 1. The first kappa shape index (κ1) is 12.9. The van der Waals surface area contributed by atoms with Crippen molar-refractivity contribution in [1.29, 1.82) is 0 Å². The highest BCUT2D eigenvalue weighted by Crippen LogP contribution is 2.06. The summed E-state index contributed by atoms with van der Waals surface area (Å²) < 4.78 is 5.02. The molecule has 0 aliphatic carbocycles. The molecular formula is C9H17NO4. The molecule has 0 saturated carbocycles. The highest BCUT2D eigenvalue weighted by Gasteiger charge is 2.18. The van der Waals surface area contributed by atoms with Gasteiger partial charge in [0.25, 0.3) is 0 Å². The minimum absolute atomic E-state index is 0.0103. The van der Waals surface area contributed by atoms with Crippen molar-refractivity contribution in [3.8, 4) is 0 Å². The highest BCUT2D eigenvalue weighted by molar-refractivity contribution is 5.74. The second-order valence-corrected chi connectivity index (χ2v) is 4.15. The van der Waals surface area contributed by atoms with E-state index in [1.807, 2.05) is 0 Å². The maximum Gasteiger partial charge on any atom is 0.320 e. The topological polar surface area (TPSA) is 66.8 Å². The summed E-state index contributed by atoms with van der Waals surface area (Å²) in [6.45, 7) is 5.12. The third-order valence-corrected chi connectivity index (χ3v) is 1.22. The molecule has 0 spiro atoms. The van der Waals surface area contributed by atoms with Gasteiger partial charge in [0.2, 0.25) is 0 Å². The predicted octanol–water partition coefficient (Wildman–Crippen LogP) is 0.345. The summed E-state index contributed by atoms with van der Waals surface area (Å²) in [6, 6.07) is 0. The van der Waals surface area contributed by atoms with Crippen LogP contribution in [0.25, 0.3) is 0 Å². The number of carboxylic acids is 1. The van der Waals surface area contributed by atoms with Crippen molar-refractivity contribution in [2.24, 2.45) is 0 Å². The number of hydrogen-bond acceptors (Lipinski definition) is 4. The van der Waals surface area contributed by atoms with E-state index in [2.05, 4.69) is 0 Å². The molecule has 5 nitrogen and oxygen atoms in total. The van der Waals surface area contributed by atoms with Crippen molar-refractivity contribution >= 4 is 11.9 Å². The molecule has 0 rings (SSSR count). The van der Waals surface area contributed by atoms with E-state index in [0.29, 0.717) is 0 Å². The van der Waals surface area contributed by atoms with E-state index < -0.39 is 17.5 Å². The number of rotatable bonds is 4. The predicted molar refractivity (Wildman–Crippen MR) is 51.0 cm³/mol. The molecule has 0 unspecified atom stereocenters. The molecule has 1 N–H and O–H groups in total. The van der Waals surface area contributed by atoms with Crippen LogP contribution < -0.4 is 0 Å². The summed E-state index contributed by atoms with van der Waals surface area (Å²) in [5.41, 5.74) is -0.527. The Hall–Kier alpha value is -1.10. The third-order valence-electron chi connectivity index (χ3n) is 1.22. The van der Waals surface area contributed by atoms with Gasteiger partial charge in [0.15, 0.2) is 0 Å². The van der Waals surface area contributed by atoms with Gasteiger partial charge in [-0.1, -0.05) is 0 Å². The van der Waals surface area contributed by atoms with Crippen molar-refractivity contribution in [3.05, 3.63) is 0 Å². The van der Waals surface area contributed by atoms with Gasteiger partial charge in [0.1, 0.15) is 5.60 Å². The highest BCUT2D eigenvalue weighted by atomic mass is 16.6. The first-order valence-corrected chi connectivity index (χ1v) is 4.33. The number of aliphatic carboxylic acids is 1. The molecule has 0 aromatic carbocycles. The van der Waals surface area contributed by atoms with Crippen LogP contribution in [0.2, 0.25) is 0 Å². The van der Waals surface area contributed by atoms with Gasteiger partial charge in [-0.15, -0.1) is 0 Å². The molecular weight excluding hydrogens is 186 g/mol. The summed E-state index contributed by atoms with van der Waals surface area (Å²) in [5, 5.41) is 8.44. The third kappa shape index (κ3) is 7.54. The summed E-state index contributed by atoms with van der Waals surface area (Å²) in [4.78, 5) is 22.9. The largest absolute Gasteiger partial charge is 0.480 e. The van der Waals surface area contributed by atoms with Gasteiger partial charge in [-0.05, 0) is 27.8 Å². The van der Waals surface area contributed by atoms with Crippen LogP contribution in [0.15, 0.2) is 0 Å². The number of esters is 1. The molecule has 0 bridgehead atoms. The molecule has 0 atom stereocenters. The Morgan fingerprint density at radius 3 is 2.14 bits per heavy atom. The number of nitrogens with zero attached hydrogens (tertiary/aromatic N) is 1. The molecule has 0 saturated heterocycles. The maximum atomic E-state index is 11.2. The summed E-state index contributed by atoms with van der Waals surface area (Å²) >= 11 is 0. The van der Waals surface area contributed by atoms with Crippen LogP contribution in [0.1, 0.15) is 20.8 Å². The monoisotopic (exact) mass is 203 g/mol. The molecule has 14 heavy (non-hydrogen) atoms. The van der Waals surface area contributed by atoms with E-state index in [4.69, 9.17) is 9.84 Å². The number of hydrogen-bond donors (Lipinski definition) is 1. The average Bonchev–Trinajstić information content (AvgIpc) is 1.77. The lowest BCUT2D eigenvalue weighted by Gasteiger charge is -2.21.